The van der Waals surface area contributed by atoms with Crippen LogP contribution >= 0.6 is 0 Å². The molecule has 6 rings (SSSR count). The molecule has 31 heavy (non-hydrogen) atoms. The Bertz CT molecular complexity index is 1190. The molecule has 0 unspecified atom stereocenters. The van der Waals surface area contributed by atoms with Crippen molar-refractivity contribution in [3.63, 3.8) is 0 Å². The number of hydrogen-bond donors (Lipinski definition) is 0. The average molecular weight is 417 g/mol. The molecule has 2 saturated heterocycles. The van der Waals surface area contributed by atoms with Crippen LogP contribution < -0.4 is 10.3 Å². The largest absolute Gasteiger partial charge is 0.464 e. The third-order valence-corrected chi connectivity index (χ3v) is 7.36. The van der Waals surface area contributed by atoms with Gasteiger partial charge in [-0.05, 0) is 43.7 Å². The van der Waals surface area contributed by atoms with Gasteiger partial charge in [-0.3, -0.25) is 9.69 Å². The molecule has 1 aromatic carbocycles. The topological polar surface area (TPSA) is 62.5 Å². The highest BCUT2D eigenvalue weighted by Gasteiger charge is 2.41. The molecule has 0 radical (unpaired) electrons. The SMILES string of the molecule is C[C@H]1CCCN(c2ncc3c(n2)C[C@H]2CC[C@H]3N2Cc2coc3ccccc3c2=O)C1. The molecule has 2 bridgehead atoms. The van der Waals surface area contributed by atoms with Crippen molar-refractivity contribution in [2.75, 3.05) is 18.0 Å². The Balaban J connectivity index is 1.28. The van der Waals surface area contributed by atoms with E-state index in [0.29, 0.717) is 29.5 Å². The Hall–Kier alpha value is -2.73. The smallest absolute Gasteiger partial charge is 0.225 e. The van der Waals surface area contributed by atoms with Crippen molar-refractivity contribution in [3.05, 3.63) is 63.8 Å². The van der Waals surface area contributed by atoms with Gasteiger partial charge in [0.1, 0.15) is 5.58 Å². The molecule has 2 fully saturated rings. The first-order valence-electron chi connectivity index (χ1n) is 11.5. The molecule has 160 valence electrons. The lowest BCUT2D eigenvalue weighted by molar-refractivity contribution is 0.164. The minimum absolute atomic E-state index is 0.0814. The summed E-state index contributed by atoms with van der Waals surface area (Å²) in [6, 6.07) is 8.19. The van der Waals surface area contributed by atoms with Gasteiger partial charge in [-0.1, -0.05) is 19.1 Å². The molecule has 5 heterocycles. The van der Waals surface area contributed by atoms with Crippen LogP contribution in [0, 0.1) is 5.92 Å². The third kappa shape index (κ3) is 3.24. The number of nitrogens with zero attached hydrogens (tertiary/aromatic N) is 4. The molecule has 3 aliphatic heterocycles. The number of anilines is 1. The summed E-state index contributed by atoms with van der Waals surface area (Å²) < 4.78 is 5.76. The minimum Gasteiger partial charge on any atom is -0.464 e. The molecule has 0 spiro atoms. The number of fused-ring (bicyclic) bond motifs is 5. The Kier molecular flexibility index (Phi) is 4.56. The van der Waals surface area contributed by atoms with E-state index in [4.69, 9.17) is 14.4 Å². The molecule has 6 heteroatoms. The predicted octanol–water partition coefficient (Wildman–Crippen LogP) is 4.08. The molecule has 0 N–H and O–H groups in total. The molecule has 0 amide bonds. The maximum Gasteiger partial charge on any atom is 0.225 e. The summed E-state index contributed by atoms with van der Waals surface area (Å²) in [6.45, 7) is 5.04. The van der Waals surface area contributed by atoms with E-state index in [1.54, 1.807) is 6.26 Å². The van der Waals surface area contributed by atoms with E-state index in [1.807, 2.05) is 24.3 Å². The lowest BCUT2D eigenvalue weighted by Gasteiger charge is -2.36. The third-order valence-electron chi connectivity index (χ3n) is 7.36. The summed E-state index contributed by atoms with van der Waals surface area (Å²) in [6.07, 6.45) is 9.38. The van der Waals surface area contributed by atoms with Crippen LogP contribution in [0.4, 0.5) is 5.95 Å². The van der Waals surface area contributed by atoms with Gasteiger partial charge in [-0.25, -0.2) is 9.97 Å². The summed E-state index contributed by atoms with van der Waals surface area (Å²) in [7, 11) is 0. The molecular weight excluding hydrogens is 388 g/mol. The fourth-order valence-corrected chi connectivity index (χ4v) is 5.76. The first kappa shape index (κ1) is 19.0. The van der Waals surface area contributed by atoms with Gasteiger partial charge in [0, 0.05) is 55.5 Å². The van der Waals surface area contributed by atoms with E-state index in [0.717, 1.165) is 43.9 Å². The fourth-order valence-electron chi connectivity index (χ4n) is 5.76. The second-order valence-electron chi connectivity index (χ2n) is 9.48. The van der Waals surface area contributed by atoms with Crippen LogP contribution in [0.1, 0.15) is 55.5 Å². The van der Waals surface area contributed by atoms with Gasteiger partial charge >= 0.3 is 0 Å². The summed E-state index contributed by atoms with van der Waals surface area (Å²) in [5.41, 5.74) is 3.91. The summed E-state index contributed by atoms with van der Waals surface area (Å²) in [5.74, 6) is 1.60. The molecule has 3 aromatic rings. The van der Waals surface area contributed by atoms with Crippen LogP contribution in [0.2, 0.25) is 0 Å². The summed E-state index contributed by atoms with van der Waals surface area (Å²) in [5, 5.41) is 0.661. The predicted molar refractivity (Wildman–Crippen MR) is 120 cm³/mol. The lowest BCUT2D eigenvalue weighted by Crippen LogP contribution is -2.40. The van der Waals surface area contributed by atoms with Crippen molar-refractivity contribution in [2.45, 2.75) is 57.7 Å². The normalized spacial score (nSPS) is 25.7. The van der Waals surface area contributed by atoms with Crippen LogP contribution in [0.5, 0.6) is 0 Å². The Labute approximate surface area is 181 Å². The van der Waals surface area contributed by atoms with E-state index in [2.05, 4.69) is 22.9 Å². The van der Waals surface area contributed by atoms with Gasteiger partial charge in [0.15, 0.2) is 5.43 Å². The van der Waals surface area contributed by atoms with Crippen LogP contribution in [-0.2, 0) is 13.0 Å². The first-order chi connectivity index (χ1) is 15.2. The summed E-state index contributed by atoms with van der Waals surface area (Å²) in [4.78, 5) is 27.6. The highest BCUT2D eigenvalue weighted by atomic mass is 16.3. The molecule has 3 aliphatic rings. The molecule has 6 nitrogen and oxygen atoms in total. The highest BCUT2D eigenvalue weighted by molar-refractivity contribution is 5.76. The van der Waals surface area contributed by atoms with Crippen LogP contribution in [-0.4, -0.2) is 34.0 Å². The van der Waals surface area contributed by atoms with Crippen molar-refractivity contribution in [1.29, 1.82) is 0 Å². The first-order valence-corrected chi connectivity index (χ1v) is 11.5. The summed E-state index contributed by atoms with van der Waals surface area (Å²) >= 11 is 0. The lowest BCUT2D eigenvalue weighted by atomic mass is 9.98. The number of para-hydroxylation sites is 1. The van der Waals surface area contributed by atoms with Crippen LogP contribution in [0.15, 0.2) is 45.9 Å². The van der Waals surface area contributed by atoms with E-state index in [9.17, 15) is 4.79 Å². The fraction of sp³-hybridized carbons (Fsp3) is 0.480. The Morgan fingerprint density at radius 1 is 1.19 bits per heavy atom. The Morgan fingerprint density at radius 2 is 2.10 bits per heavy atom. The van der Waals surface area contributed by atoms with Crippen LogP contribution in [0.3, 0.4) is 0 Å². The highest BCUT2D eigenvalue weighted by Crippen LogP contribution is 2.44. The average Bonchev–Trinajstić information content (AvgIpc) is 3.07. The second-order valence-corrected chi connectivity index (χ2v) is 9.48. The number of piperidine rings is 1. The number of rotatable bonds is 3. The van der Waals surface area contributed by atoms with Crippen molar-refractivity contribution in [3.8, 4) is 0 Å². The second kappa shape index (κ2) is 7.45. The van der Waals surface area contributed by atoms with Gasteiger partial charge in [-0.15, -0.1) is 0 Å². The zero-order chi connectivity index (χ0) is 20.9. The molecule has 0 aliphatic carbocycles. The Morgan fingerprint density at radius 3 is 3.00 bits per heavy atom. The number of hydrogen-bond acceptors (Lipinski definition) is 6. The molecular formula is C25H28N4O2. The van der Waals surface area contributed by atoms with Crippen LogP contribution in [0.25, 0.3) is 11.0 Å². The zero-order valence-electron chi connectivity index (χ0n) is 18.0. The van der Waals surface area contributed by atoms with E-state index in [-0.39, 0.29) is 11.5 Å². The van der Waals surface area contributed by atoms with Gasteiger partial charge in [-0.2, -0.15) is 0 Å². The van der Waals surface area contributed by atoms with Crippen molar-refractivity contribution < 1.29 is 4.42 Å². The van der Waals surface area contributed by atoms with E-state index >= 15 is 0 Å². The standard InChI is InChI=1S/C25H28N4O2/c1-16-5-4-10-28(13-16)25-26-12-20-21(27-25)11-18-8-9-22(20)29(18)14-17-15-31-23-7-3-2-6-19(23)24(17)30/h2-3,6-7,12,15-16,18,22H,4-5,8-11,13-14H2,1H3/t16-,18+,22+/m0/s1. The monoisotopic (exact) mass is 416 g/mol. The van der Waals surface area contributed by atoms with Gasteiger partial charge in [0.2, 0.25) is 5.95 Å². The molecule has 3 atom stereocenters. The minimum atomic E-state index is 0.0814. The molecule has 0 saturated carbocycles. The zero-order valence-corrected chi connectivity index (χ0v) is 18.0. The molecule has 2 aromatic heterocycles. The van der Waals surface area contributed by atoms with Gasteiger partial charge < -0.3 is 9.32 Å². The van der Waals surface area contributed by atoms with Crippen molar-refractivity contribution in [1.82, 2.24) is 14.9 Å². The maximum absolute atomic E-state index is 13.0. The van der Waals surface area contributed by atoms with E-state index in [1.165, 1.54) is 24.1 Å². The van der Waals surface area contributed by atoms with Crippen molar-refractivity contribution >= 4 is 16.9 Å². The quantitative estimate of drug-likeness (QED) is 0.641. The van der Waals surface area contributed by atoms with E-state index < -0.39 is 0 Å². The van der Waals surface area contributed by atoms with Gasteiger partial charge in [0.25, 0.3) is 0 Å². The maximum atomic E-state index is 13.0. The number of aromatic nitrogens is 2. The van der Waals surface area contributed by atoms with Crippen molar-refractivity contribution in [2.24, 2.45) is 5.92 Å². The van der Waals surface area contributed by atoms with Gasteiger partial charge in [0.05, 0.1) is 17.3 Å². The number of benzene rings is 1.